The molecular weight excluding hydrogens is 1100 g/mol. The van der Waals surface area contributed by atoms with Crippen molar-refractivity contribution in [1.29, 1.82) is 0 Å². The van der Waals surface area contributed by atoms with Crippen LogP contribution in [0.4, 0.5) is 0 Å². The summed E-state index contributed by atoms with van der Waals surface area (Å²) >= 11 is 0. The number of carbonyl (C=O) groups is 11. The zero-order valence-electron chi connectivity index (χ0n) is 50.5. The molecule has 0 heterocycles. The van der Waals surface area contributed by atoms with Crippen molar-refractivity contribution >= 4 is 65.0 Å². The van der Waals surface area contributed by atoms with Gasteiger partial charge >= 0.3 is 5.97 Å². The Hall–Kier alpha value is -7.71. The van der Waals surface area contributed by atoms with Crippen LogP contribution in [0.15, 0.2) is 54.6 Å². The summed E-state index contributed by atoms with van der Waals surface area (Å²) in [6, 6.07) is 1.81. The van der Waals surface area contributed by atoms with Gasteiger partial charge in [-0.3, -0.25) is 47.9 Å². The molecule has 0 aliphatic heterocycles. The second kappa shape index (κ2) is 38.3. The van der Waals surface area contributed by atoms with Crippen LogP contribution in [-0.2, 0) is 65.6 Å². The number of rotatable bonds is 40. The fourth-order valence-corrected chi connectivity index (χ4v) is 8.87. The van der Waals surface area contributed by atoms with E-state index in [2.05, 4.69) is 47.9 Å². The molecular formula is C59H95N13O13. The maximum Gasteiger partial charge on any atom is 0.326 e. The van der Waals surface area contributed by atoms with Crippen LogP contribution in [0.2, 0.25) is 0 Å². The number of phenolic OH excluding ortho intramolecular Hbond substituents is 1. The average Bonchev–Trinajstić information content (AvgIpc) is 3.61. The first-order valence-electron chi connectivity index (χ1n) is 29.4. The number of hydrogen-bond acceptors (Lipinski definition) is 15. The van der Waals surface area contributed by atoms with E-state index in [1.165, 1.54) is 26.0 Å². The standard InChI is InChI=1S/C59H95N13O13/c1-9-34(5)48(57(82)69-45(31-38-18-12-11-13-19-38)56(81)67-42(21-15-17-29-61)54(79)72-49(35(6)10-2)58(83)70-46(59(84)85)30-33(3)4)71-53(78)41(20-14-16-28-60)66-52(77)43(26-27-47(63)74)65-51(76)37(8)64-55(80)44(68-50(75)36(7)62)32-39-22-24-40(73)25-23-39/h11-13,18-19,22-25,33-37,41-46,48-49,73H,9-10,14-17,20-21,26-32,60-62H2,1-8H3,(H2,63,74)(H,64,80)(H,65,76)(H,66,77)(H,67,81)(H,68,75)(H,69,82)(H,70,83)(H,71,78)(H,72,79)(H,84,85)/t34-,35-,36-,37-,41-,42-,43-,44-,45-,46-,48-,49-/m0/s1. The molecule has 0 radical (unpaired) electrons. The number of benzene rings is 2. The Balaban J connectivity index is 2.49. The number of primary amides is 1. The Morgan fingerprint density at radius 1 is 0.459 bits per heavy atom. The number of carboxylic acid groups (broad SMARTS) is 1. The smallest absolute Gasteiger partial charge is 0.326 e. The Kier molecular flexibility index (Phi) is 33.1. The Bertz CT molecular complexity index is 2500. The van der Waals surface area contributed by atoms with E-state index in [4.69, 9.17) is 22.9 Å². The van der Waals surface area contributed by atoms with E-state index in [0.29, 0.717) is 49.7 Å². The summed E-state index contributed by atoms with van der Waals surface area (Å²) in [5.74, 6) is -10.3. The minimum Gasteiger partial charge on any atom is -0.508 e. The molecule has 0 saturated heterocycles. The molecule has 26 nitrogen and oxygen atoms in total. The number of carboxylic acids is 1. The van der Waals surface area contributed by atoms with Gasteiger partial charge in [-0.2, -0.15) is 0 Å². The van der Waals surface area contributed by atoms with E-state index in [-0.39, 0.29) is 63.3 Å². The fourth-order valence-electron chi connectivity index (χ4n) is 8.87. The highest BCUT2D eigenvalue weighted by Crippen LogP contribution is 2.16. The first-order chi connectivity index (χ1) is 40.1. The lowest BCUT2D eigenvalue weighted by Crippen LogP contribution is -2.61. The monoisotopic (exact) mass is 1190 g/mol. The quantitative estimate of drug-likeness (QED) is 0.0379. The van der Waals surface area contributed by atoms with Gasteiger partial charge in [0.05, 0.1) is 6.04 Å². The van der Waals surface area contributed by atoms with Gasteiger partial charge in [-0.25, -0.2) is 4.79 Å². The number of unbranched alkanes of at least 4 members (excludes halogenated alkanes) is 2. The molecule has 474 valence electrons. The van der Waals surface area contributed by atoms with Gasteiger partial charge < -0.3 is 81.0 Å². The maximum absolute atomic E-state index is 14.7. The van der Waals surface area contributed by atoms with Crippen LogP contribution in [0, 0.1) is 17.8 Å². The van der Waals surface area contributed by atoms with Gasteiger partial charge in [-0.15, -0.1) is 0 Å². The summed E-state index contributed by atoms with van der Waals surface area (Å²) in [5.41, 5.74) is 24.0. The third-order valence-corrected chi connectivity index (χ3v) is 14.5. The van der Waals surface area contributed by atoms with Crippen LogP contribution >= 0.6 is 0 Å². The van der Waals surface area contributed by atoms with Crippen molar-refractivity contribution < 1.29 is 63.0 Å². The highest BCUT2D eigenvalue weighted by atomic mass is 16.4. The largest absolute Gasteiger partial charge is 0.508 e. The molecule has 12 atom stereocenters. The van der Waals surface area contributed by atoms with Crippen molar-refractivity contribution in [1.82, 2.24) is 47.9 Å². The minimum absolute atomic E-state index is 0.00753. The number of hydrogen-bond donors (Lipinski definition) is 15. The molecule has 19 N–H and O–H groups in total. The van der Waals surface area contributed by atoms with Gasteiger partial charge in [0.25, 0.3) is 0 Å². The lowest BCUT2D eigenvalue weighted by Gasteiger charge is -2.30. The SMILES string of the molecule is CC[C@H](C)[C@H](NC(=O)[C@H](CCCCN)NC(=O)[C@H](Cc1ccccc1)NC(=O)[C@@H](NC(=O)[C@H](CCCCN)NC(=O)[C@H](CCC(N)=O)NC(=O)[C@H](C)NC(=O)[C@H](Cc1ccc(O)cc1)NC(=O)[C@H](C)N)[C@@H](C)CC)C(=O)N[C@@H](CC(C)C)C(=O)O. The Morgan fingerprint density at radius 2 is 0.847 bits per heavy atom. The van der Waals surface area contributed by atoms with Crippen LogP contribution in [0.5, 0.6) is 5.75 Å². The van der Waals surface area contributed by atoms with Gasteiger partial charge in [-0.05, 0) is 119 Å². The normalized spacial score (nSPS) is 15.4. The first-order valence-corrected chi connectivity index (χ1v) is 29.4. The van der Waals surface area contributed by atoms with E-state index in [1.807, 2.05) is 13.8 Å². The molecule has 0 aliphatic carbocycles. The maximum atomic E-state index is 14.7. The van der Waals surface area contributed by atoms with Crippen molar-refractivity contribution in [2.24, 2.45) is 40.7 Å². The van der Waals surface area contributed by atoms with Gasteiger partial charge in [-0.1, -0.05) is 96.8 Å². The second-order valence-electron chi connectivity index (χ2n) is 22.2. The highest BCUT2D eigenvalue weighted by Gasteiger charge is 2.37. The molecule has 10 amide bonds. The zero-order chi connectivity index (χ0) is 63.9. The predicted octanol–water partition coefficient (Wildman–Crippen LogP) is -0.346. The Labute approximate surface area is 498 Å². The second-order valence-corrected chi connectivity index (χ2v) is 22.2. The van der Waals surface area contributed by atoms with Crippen molar-refractivity contribution in [3.05, 3.63) is 65.7 Å². The van der Waals surface area contributed by atoms with E-state index in [9.17, 15) is 63.0 Å². The average molecular weight is 1190 g/mol. The Morgan fingerprint density at radius 3 is 1.27 bits per heavy atom. The first kappa shape index (κ1) is 73.4. The van der Waals surface area contributed by atoms with Gasteiger partial charge in [0, 0.05) is 19.3 Å². The number of carbonyl (C=O) groups excluding carboxylic acids is 10. The van der Waals surface area contributed by atoms with Gasteiger partial charge in [0.1, 0.15) is 60.1 Å². The number of phenols is 1. The molecule has 0 spiro atoms. The highest BCUT2D eigenvalue weighted by molar-refractivity contribution is 5.99. The van der Waals surface area contributed by atoms with Crippen molar-refractivity contribution in [3.8, 4) is 5.75 Å². The fraction of sp³-hybridized carbons (Fsp3) is 0.610. The van der Waals surface area contributed by atoms with Crippen LogP contribution in [0.1, 0.15) is 137 Å². The van der Waals surface area contributed by atoms with Gasteiger partial charge in [0.2, 0.25) is 59.1 Å². The van der Waals surface area contributed by atoms with Crippen LogP contribution in [0.3, 0.4) is 0 Å². The molecule has 26 heteroatoms. The zero-order valence-corrected chi connectivity index (χ0v) is 50.5. The van der Waals surface area contributed by atoms with Crippen LogP contribution in [0.25, 0.3) is 0 Å². The van der Waals surface area contributed by atoms with E-state index < -0.39 is 144 Å². The van der Waals surface area contributed by atoms with E-state index in [1.54, 1.807) is 70.2 Å². The molecule has 2 aromatic rings. The molecule has 0 fully saturated rings. The lowest BCUT2D eigenvalue weighted by atomic mass is 9.95. The van der Waals surface area contributed by atoms with E-state index in [0.717, 1.165) is 0 Å². The molecule has 0 unspecified atom stereocenters. The number of nitrogens with one attached hydrogen (secondary N) is 9. The summed E-state index contributed by atoms with van der Waals surface area (Å²) < 4.78 is 0. The number of aliphatic carboxylic acids is 1. The van der Waals surface area contributed by atoms with Crippen LogP contribution < -0.4 is 70.8 Å². The molecule has 2 rings (SSSR count). The molecule has 0 bridgehead atoms. The predicted molar refractivity (Wildman–Crippen MR) is 319 cm³/mol. The van der Waals surface area contributed by atoms with Crippen molar-refractivity contribution in [3.63, 3.8) is 0 Å². The summed E-state index contributed by atoms with van der Waals surface area (Å²) in [5, 5.41) is 43.5. The molecule has 2 aromatic carbocycles. The minimum atomic E-state index is -1.50. The van der Waals surface area contributed by atoms with E-state index >= 15 is 0 Å². The van der Waals surface area contributed by atoms with Crippen molar-refractivity contribution in [2.75, 3.05) is 13.1 Å². The lowest BCUT2D eigenvalue weighted by molar-refractivity contribution is -0.143. The number of amides is 10. The summed E-state index contributed by atoms with van der Waals surface area (Å²) in [7, 11) is 0. The summed E-state index contributed by atoms with van der Waals surface area (Å²) in [6.07, 6.45) is 1.69. The molecule has 0 saturated carbocycles. The third kappa shape index (κ3) is 26.8. The summed E-state index contributed by atoms with van der Waals surface area (Å²) in [4.78, 5) is 150. The molecule has 85 heavy (non-hydrogen) atoms. The topological polar surface area (TPSA) is 441 Å². The third-order valence-electron chi connectivity index (χ3n) is 14.5. The molecule has 0 aromatic heterocycles. The molecule has 0 aliphatic rings. The number of nitrogens with two attached hydrogens (primary N) is 4. The van der Waals surface area contributed by atoms with Crippen molar-refractivity contribution in [2.45, 2.75) is 199 Å². The van der Waals surface area contributed by atoms with Crippen LogP contribution in [-0.4, -0.2) is 149 Å². The van der Waals surface area contributed by atoms with Gasteiger partial charge in [0.15, 0.2) is 0 Å². The number of aromatic hydroxyl groups is 1. The summed E-state index contributed by atoms with van der Waals surface area (Å²) in [6.45, 7) is 13.9.